The molecule has 2 amide bonds. The lowest BCUT2D eigenvalue weighted by Gasteiger charge is -2.09. The first-order valence-electron chi connectivity index (χ1n) is 14.5. The summed E-state index contributed by atoms with van der Waals surface area (Å²) in [5.74, 6) is -0.266. The smallest absolute Gasteiger partial charge is 0.264 e. The molecule has 2 aromatic heterocycles. The van der Waals surface area contributed by atoms with E-state index in [0.717, 1.165) is 32.9 Å². The van der Waals surface area contributed by atoms with Gasteiger partial charge in [-0.2, -0.15) is 0 Å². The van der Waals surface area contributed by atoms with Gasteiger partial charge in [-0.15, -0.1) is 20.5 Å². The maximum Gasteiger partial charge on any atom is 0.264 e. The molecule has 0 bridgehead atoms. The molecule has 0 aliphatic carbocycles. The highest BCUT2D eigenvalue weighted by atomic mass is 16.3. The van der Waals surface area contributed by atoms with Gasteiger partial charge in [-0.1, -0.05) is 51.0 Å². The van der Waals surface area contributed by atoms with Gasteiger partial charge >= 0.3 is 0 Å². The van der Waals surface area contributed by atoms with Gasteiger partial charge in [0.1, 0.15) is 0 Å². The molecule has 0 radical (unpaired) electrons. The van der Waals surface area contributed by atoms with Gasteiger partial charge in [0.2, 0.25) is 11.8 Å². The zero-order valence-corrected chi connectivity index (χ0v) is 25.3. The fourth-order valence-electron chi connectivity index (χ4n) is 5.04. The van der Waals surface area contributed by atoms with Crippen LogP contribution in [0.25, 0.3) is 21.8 Å². The molecule has 0 spiro atoms. The average Bonchev–Trinajstić information content (AvgIpc) is 3.32. The Bertz CT molecular complexity index is 1550. The Morgan fingerprint density at radius 1 is 0.690 bits per heavy atom. The lowest BCUT2D eigenvalue weighted by atomic mass is 10.1. The topological polar surface area (TPSA) is 134 Å². The minimum absolute atomic E-state index is 0.00895. The molecule has 0 aliphatic rings. The maximum atomic E-state index is 12.4. The standard InChI is InChI=1S/C32H40N6O4/c1-19(2)17-37-25-13-11-21(5)15-23(25)29(31(37)41)35-33-27(39)9-7-8-10-28(40)34-36-30-24-16-22(6)12-14-26(24)38(32(30)42)18-20(3)4/h11-16,19-20,41-42H,7-10,17-18H2,1-6H3. The fraction of sp³-hybridized carbons (Fsp3) is 0.438. The van der Waals surface area contributed by atoms with Crippen LogP contribution in [0.3, 0.4) is 0 Å². The normalized spacial score (nSPS) is 12.3. The van der Waals surface area contributed by atoms with Crippen LogP contribution in [0.5, 0.6) is 11.8 Å². The minimum Gasteiger partial charge on any atom is -0.493 e. The van der Waals surface area contributed by atoms with Crippen molar-refractivity contribution in [2.75, 3.05) is 0 Å². The Kier molecular flexibility index (Phi) is 9.55. The second-order valence-corrected chi connectivity index (χ2v) is 11.8. The van der Waals surface area contributed by atoms with Crippen molar-refractivity contribution in [2.24, 2.45) is 32.3 Å². The SMILES string of the molecule is Cc1ccc2c(c1)c(N=NC(=O)CCCCC(=O)N=Nc1c(O)n(CC(C)C)c3ccc(C)cc13)c(O)n2CC(C)C. The molecule has 0 unspecified atom stereocenters. The molecule has 4 rings (SSSR count). The third-order valence-corrected chi connectivity index (χ3v) is 6.98. The van der Waals surface area contributed by atoms with E-state index in [2.05, 4.69) is 48.2 Å². The molecular formula is C32H40N6O4. The number of aromatic nitrogens is 2. The van der Waals surface area contributed by atoms with Crippen LogP contribution in [0.4, 0.5) is 11.4 Å². The highest BCUT2D eigenvalue weighted by molar-refractivity contribution is 5.96. The van der Waals surface area contributed by atoms with Crippen molar-refractivity contribution in [3.8, 4) is 11.8 Å². The van der Waals surface area contributed by atoms with Crippen molar-refractivity contribution < 1.29 is 19.8 Å². The number of fused-ring (bicyclic) bond motifs is 2. The number of carbonyl (C=O) groups excluding carboxylic acids is 2. The maximum absolute atomic E-state index is 12.4. The number of azo groups is 2. The van der Waals surface area contributed by atoms with E-state index >= 15 is 0 Å². The van der Waals surface area contributed by atoms with Crippen LogP contribution in [-0.2, 0) is 22.7 Å². The first kappa shape index (κ1) is 30.6. The Hall–Kier alpha value is -4.34. The molecule has 42 heavy (non-hydrogen) atoms. The summed E-state index contributed by atoms with van der Waals surface area (Å²) in [6.45, 7) is 13.4. The number of nitrogens with zero attached hydrogens (tertiary/aromatic N) is 6. The van der Waals surface area contributed by atoms with E-state index in [4.69, 9.17) is 0 Å². The van der Waals surface area contributed by atoms with Crippen LogP contribution in [0.2, 0.25) is 0 Å². The van der Waals surface area contributed by atoms with E-state index in [1.807, 2.05) is 50.2 Å². The third kappa shape index (κ3) is 6.92. The number of rotatable bonds is 11. The summed E-state index contributed by atoms with van der Waals surface area (Å²) in [6.07, 6.45) is 1.08. The molecule has 2 heterocycles. The second-order valence-electron chi connectivity index (χ2n) is 11.8. The van der Waals surface area contributed by atoms with Gasteiger partial charge < -0.3 is 19.3 Å². The Balaban J connectivity index is 1.36. The molecule has 0 atom stereocenters. The number of unbranched alkanes of at least 4 members (excludes halogenated alkanes) is 1. The van der Waals surface area contributed by atoms with Crippen molar-refractivity contribution in [3.05, 3.63) is 47.5 Å². The highest BCUT2D eigenvalue weighted by Gasteiger charge is 2.19. The van der Waals surface area contributed by atoms with E-state index in [9.17, 15) is 19.8 Å². The van der Waals surface area contributed by atoms with E-state index in [0.29, 0.717) is 37.8 Å². The summed E-state index contributed by atoms with van der Waals surface area (Å²) in [4.78, 5) is 24.9. The fourth-order valence-corrected chi connectivity index (χ4v) is 5.04. The van der Waals surface area contributed by atoms with Gasteiger partial charge in [-0.05, 0) is 62.8 Å². The van der Waals surface area contributed by atoms with Crippen molar-refractivity contribution in [3.63, 3.8) is 0 Å². The Morgan fingerprint density at radius 2 is 1.07 bits per heavy atom. The highest BCUT2D eigenvalue weighted by Crippen LogP contribution is 2.41. The number of hydrogen-bond donors (Lipinski definition) is 2. The molecule has 4 aromatic rings. The molecule has 2 aromatic carbocycles. The number of amides is 2. The van der Waals surface area contributed by atoms with Gasteiger partial charge in [0.25, 0.3) is 11.8 Å². The Morgan fingerprint density at radius 3 is 1.43 bits per heavy atom. The second kappa shape index (κ2) is 13.1. The molecule has 2 N–H and O–H groups in total. The summed E-state index contributed by atoms with van der Waals surface area (Å²) < 4.78 is 3.59. The van der Waals surface area contributed by atoms with E-state index in [-0.39, 0.29) is 36.0 Å². The van der Waals surface area contributed by atoms with E-state index < -0.39 is 11.8 Å². The predicted octanol–water partition coefficient (Wildman–Crippen LogP) is 8.42. The van der Waals surface area contributed by atoms with Gasteiger partial charge in [0, 0.05) is 36.7 Å². The Labute approximate surface area is 245 Å². The van der Waals surface area contributed by atoms with Crippen LogP contribution in [0.15, 0.2) is 56.9 Å². The third-order valence-electron chi connectivity index (χ3n) is 6.98. The van der Waals surface area contributed by atoms with Crippen LogP contribution >= 0.6 is 0 Å². The molecule has 0 aliphatic heterocycles. The summed E-state index contributed by atoms with van der Waals surface area (Å²) in [6, 6.07) is 11.7. The molecule has 0 fully saturated rings. The largest absolute Gasteiger partial charge is 0.493 e. The van der Waals surface area contributed by atoms with Crippen molar-refractivity contribution >= 4 is 45.0 Å². The number of benzene rings is 2. The van der Waals surface area contributed by atoms with E-state index in [1.165, 1.54) is 0 Å². The van der Waals surface area contributed by atoms with Crippen LogP contribution in [0, 0.1) is 25.7 Å². The van der Waals surface area contributed by atoms with Gasteiger partial charge in [-0.25, -0.2) is 0 Å². The number of aromatic hydroxyl groups is 2. The summed E-state index contributed by atoms with van der Waals surface area (Å²) in [5.41, 5.74) is 4.28. The quantitative estimate of drug-likeness (QED) is 0.138. The van der Waals surface area contributed by atoms with E-state index in [1.54, 1.807) is 9.13 Å². The zero-order chi connectivity index (χ0) is 30.6. The van der Waals surface area contributed by atoms with Crippen LogP contribution in [0.1, 0.15) is 64.5 Å². The monoisotopic (exact) mass is 572 g/mol. The van der Waals surface area contributed by atoms with Crippen molar-refractivity contribution in [1.29, 1.82) is 0 Å². The molecular weight excluding hydrogens is 532 g/mol. The van der Waals surface area contributed by atoms with Crippen molar-refractivity contribution in [2.45, 2.75) is 80.3 Å². The number of hydrogen-bond acceptors (Lipinski definition) is 6. The molecule has 0 saturated heterocycles. The van der Waals surface area contributed by atoms with Gasteiger partial charge in [0.05, 0.1) is 11.0 Å². The first-order valence-corrected chi connectivity index (χ1v) is 14.5. The average molecular weight is 573 g/mol. The summed E-state index contributed by atoms with van der Waals surface area (Å²) >= 11 is 0. The van der Waals surface area contributed by atoms with Crippen LogP contribution < -0.4 is 0 Å². The molecule has 10 heteroatoms. The van der Waals surface area contributed by atoms with Crippen LogP contribution in [-0.4, -0.2) is 31.2 Å². The first-order chi connectivity index (χ1) is 20.0. The molecule has 222 valence electrons. The summed E-state index contributed by atoms with van der Waals surface area (Å²) in [5, 5.41) is 39.1. The van der Waals surface area contributed by atoms with Crippen molar-refractivity contribution in [1.82, 2.24) is 9.13 Å². The number of aryl methyl sites for hydroxylation is 2. The molecule has 10 nitrogen and oxygen atoms in total. The van der Waals surface area contributed by atoms with Gasteiger partial charge in [-0.3, -0.25) is 9.59 Å². The minimum atomic E-state index is -0.431. The number of carbonyl (C=O) groups is 2. The lowest BCUT2D eigenvalue weighted by Crippen LogP contribution is -2.03. The summed E-state index contributed by atoms with van der Waals surface area (Å²) in [7, 11) is 0. The zero-order valence-electron chi connectivity index (χ0n) is 25.3. The van der Waals surface area contributed by atoms with Gasteiger partial charge in [0.15, 0.2) is 11.4 Å². The lowest BCUT2D eigenvalue weighted by molar-refractivity contribution is -0.120. The predicted molar refractivity (Wildman–Crippen MR) is 164 cm³/mol. The molecule has 0 saturated carbocycles.